The third-order valence-electron chi connectivity index (χ3n) is 4.29. The Labute approximate surface area is 167 Å². The lowest BCUT2D eigenvalue weighted by molar-refractivity contribution is 0.0990. The van der Waals surface area contributed by atoms with E-state index in [0.717, 1.165) is 16.0 Å². The van der Waals surface area contributed by atoms with Crippen molar-refractivity contribution in [1.29, 1.82) is 0 Å². The summed E-state index contributed by atoms with van der Waals surface area (Å²) < 4.78 is 13.7. The number of ether oxygens (including phenoxy) is 2. The maximum Gasteiger partial charge on any atom is 0.279 e. The number of ketones is 1. The van der Waals surface area contributed by atoms with Gasteiger partial charge in [0.05, 0.1) is 23.9 Å². The van der Waals surface area contributed by atoms with Crippen LogP contribution in [0.15, 0.2) is 47.5 Å². The van der Waals surface area contributed by atoms with Crippen LogP contribution in [0, 0.1) is 0 Å². The number of Topliss-reactive ketones (excluding diaryl/α,β-unsaturated/α-hetero) is 1. The van der Waals surface area contributed by atoms with Crippen molar-refractivity contribution >= 4 is 33.2 Å². The molecule has 146 valence electrons. The van der Waals surface area contributed by atoms with Crippen LogP contribution in [0.5, 0.6) is 5.75 Å². The summed E-state index contributed by atoms with van der Waals surface area (Å²) in [5.74, 6) is 0.366. The van der Waals surface area contributed by atoms with Crippen molar-refractivity contribution in [3.8, 4) is 5.75 Å². The van der Waals surface area contributed by atoms with Crippen LogP contribution < -0.4 is 9.54 Å². The Bertz CT molecular complexity index is 1060. The molecule has 0 fully saturated rings. The SMILES string of the molecule is CCOCCn1c(=NC(=O)c2ccc(C(C)=O)cc2)sc2cc(OC)ccc21. The van der Waals surface area contributed by atoms with Gasteiger partial charge in [0, 0.05) is 24.3 Å². The number of hydrogen-bond donors (Lipinski definition) is 0. The van der Waals surface area contributed by atoms with Crippen LogP contribution in [0.2, 0.25) is 0 Å². The third-order valence-corrected chi connectivity index (χ3v) is 5.33. The van der Waals surface area contributed by atoms with E-state index in [1.165, 1.54) is 18.3 Å². The molecule has 1 heterocycles. The van der Waals surface area contributed by atoms with E-state index in [1.54, 1.807) is 31.4 Å². The highest BCUT2D eigenvalue weighted by Crippen LogP contribution is 2.23. The van der Waals surface area contributed by atoms with Gasteiger partial charge in [0.15, 0.2) is 10.6 Å². The predicted molar refractivity (Wildman–Crippen MR) is 109 cm³/mol. The zero-order valence-corrected chi connectivity index (χ0v) is 16.9. The standard InChI is InChI=1S/C21H22N2O4S/c1-4-27-12-11-23-18-10-9-17(26-3)13-19(18)28-21(23)22-20(25)16-7-5-15(6-8-16)14(2)24/h5-10,13H,4,11-12H2,1-3H3. The first-order chi connectivity index (χ1) is 13.5. The first-order valence-corrected chi connectivity index (χ1v) is 9.80. The second kappa shape index (κ2) is 8.95. The summed E-state index contributed by atoms with van der Waals surface area (Å²) in [5, 5.41) is 0. The minimum Gasteiger partial charge on any atom is -0.497 e. The van der Waals surface area contributed by atoms with Gasteiger partial charge in [-0.05, 0) is 44.2 Å². The van der Waals surface area contributed by atoms with E-state index in [2.05, 4.69) is 4.99 Å². The maximum atomic E-state index is 12.7. The van der Waals surface area contributed by atoms with Gasteiger partial charge in [0.25, 0.3) is 5.91 Å². The van der Waals surface area contributed by atoms with Crippen LogP contribution in [-0.2, 0) is 11.3 Å². The summed E-state index contributed by atoms with van der Waals surface area (Å²) in [6.45, 7) is 5.19. The zero-order chi connectivity index (χ0) is 20.1. The molecule has 0 saturated heterocycles. The fourth-order valence-corrected chi connectivity index (χ4v) is 3.86. The van der Waals surface area contributed by atoms with E-state index in [1.807, 2.05) is 29.7 Å². The summed E-state index contributed by atoms with van der Waals surface area (Å²) in [7, 11) is 1.62. The molecule has 0 bridgehead atoms. The summed E-state index contributed by atoms with van der Waals surface area (Å²) in [4.78, 5) is 29.0. The number of hydrogen-bond acceptors (Lipinski definition) is 5. The monoisotopic (exact) mass is 398 g/mol. The normalized spacial score (nSPS) is 11.8. The molecule has 0 aliphatic rings. The number of fused-ring (bicyclic) bond motifs is 1. The van der Waals surface area contributed by atoms with Gasteiger partial charge in [-0.2, -0.15) is 4.99 Å². The smallest absolute Gasteiger partial charge is 0.279 e. The number of carbonyl (C=O) groups is 2. The van der Waals surface area contributed by atoms with Gasteiger partial charge in [-0.25, -0.2) is 0 Å². The molecule has 0 aliphatic carbocycles. The Balaban J connectivity index is 2.02. The van der Waals surface area contributed by atoms with Crippen molar-refractivity contribution in [2.75, 3.05) is 20.3 Å². The minimum absolute atomic E-state index is 0.0387. The minimum atomic E-state index is -0.348. The Morgan fingerprint density at radius 1 is 1.11 bits per heavy atom. The molecule has 1 amide bonds. The topological polar surface area (TPSA) is 69.9 Å². The van der Waals surface area contributed by atoms with Crippen LogP contribution in [0.3, 0.4) is 0 Å². The molecule has 0 atom stereocenters. The lowest BCUT2D eigenvalue weighted by Gasteiger charge is -2.06. The number of thiazole rings is 1. The number of nitrogens with zero attached hydrogens (tertiary/aromatic N) is 2. The molecule has 0 spiro atoms. The van der Waals surface area contributed by atoms with Gasteiger partial charge in [-0.1, -0.05) is 23.5 Å². The number of amides is 1. The molecular weight excluding hydrogens is 376 g/mol. The molecule has 1 aromatic heterocycles. The number of carbonyl (C=O) groups excluding carboxylic acids is 2. The number of rotatable bonds is 7. The van der Waals surface area contributed by atoms with Crippen molar-refractivity contribution < 1.29 is 19.1 Å². The molecule has 28 heavy (non-hydrogen) atoms. The van der Waals surface area contributed by atoms with Crippen molar-refractivity contribution in [2.24, 2.45) is 4.99 Å². The van der Waals surface area contributed by atoms with Crippen LogP contribution in [0.4, 0.5) is 0 Å². The van der Waals surface area contributed by atoms with Crippen LogP contribution in [-0.4, -0.2) is 36.6 Å². The molecule has 0 aliphatic heterocycles. The van der Waals surface area contributed by atoms with Crippen LogP contribution in [0.25, 0.3) is 10.2 Å². The zero-order valence-electron chi connectivity index (χ0n) is 16.1. The summed E-state index contributed by atoms with van der Waals surface area (Å²) in [6.07, 6.45) is 0. The third kappa shape index (κ3) is 4.37. The Kier molecular flexibility index (Phi) is 6.38. The van der Waals surface area contributed by atoms with Gasteiger partial charge in [-0.15, -0.1) is 0 Å². The van der Waals surface area contributed by atoms with Gasteiger partial charge < -0.3 is 14.0 Å². The molecule has 2 aromatic carbocycles. The molecule has 7 heteroatoms. The Hall–Kier alpha value is -2.77. The second-order valence-electron chi connectivity index (χ2n) is 6.12. The number of methoxy groups -OCH3 is 1. The fraction of sp³-hybridized carbons (Fsp3) is 0.286. The van der Waals surface area contributed by atoms with Gasteiger partial charge >= 0.3 is 0 Å². The number of aromatic nitrogens is 1. The quantitative estimate of drug-likeness (QED) is 0.450. The largest absolute Gasteiger partial charge is 0.497 e. The van der Waals surface area contributed by atoms with Crippen LogP contribution >= 0.6 is 11.3 Å². The number of benzene rings is 2. The summed E-state index contributed by atoms with van der Waals surface area (Å²) in [6, 6.07) is 12.3. The second-order valence-corrected chi connectivity index (χ2v) is 7.13. The maximum absolute atomic E-state index is 12.7. The van der Waals surface area contributed by atoms with Gasteiger partial charge in [0.2, 0.25) is 0 Å². The molecule has 3 aromatic rings. The molecule has 0 N–H and O–H groups in total. The Morgan fingerprint density at radius 2 is 1.82 bits per heavy atom. The summed E-state index contributed by atoms with van der Waals surface area (Å²) >= 11 is 1.43. The lowest BCUT2D eigenvalue weighted by atomic mass is 10.1. The highest BCUT2D eigenvalue weighted by atomic mass is 32.1. The first-order valence-electron chi connectivity index (χ1n) is 8.98. The highest BCUT2D eigenvalue weighted by molar-refractivity contribution is 7.16. The van der Waals surface area contributed by atoms with Crippen molar-refractivity contribution in [1.82, 2.24) is 4.57 Å². The van der Waals surface area contributed by atoms with Crippen LogP contribution in [0.1, 0.15) is 34.6 Å². The average molecular weight is 398 g/mol. The van der Waals surface area contributed by atoms with E-state index >= 15 is 0 Å². The Morgan fingerprint density at radius 3 is 2.46 bits per heavy atom. The van der Waals surface area contributed by atoms with Crippen molar-refractivity contribution in [3.63, 3.8) is 0 Å². The van der Waals surface area contributed by atoms with Gasteiger partial charge in [-0.3, -0.25) is 9.59 Å². The molecule has 3 rings (SSSR count). The molecule has 6 nitrogen and oxygen atoms in total. The van der Waals surface area contributed by atoms with E-state index < -0.39 is 0 Å². The van der Waals surface area contributed by atoms with Crippen molar-refractivity contribution in [2.45, 2.75) is 20.4 Å². The summed E-state index contributed by atoms with van der Waals surface area (Å²) in [5.41, 5.74) is 1.98. The fourth-order valence-electron chi connectivity index (χ4n) is 2.78. The first kappa shape index (κ1) is 20.0. The van der Waals surface area contributed by atoms with Crippen molar-refractivity contribution in [3.05, 3.63) is 58.4 Å². The molecular formula is C21H22N2O4S. The molecule has 0 saturated carbocycles. The van der Waals surface area contributed by atoms with Gasteiger partial charge in [0.1, 0.15) is 5.75 Å². The molecule has 0 unspecified atom stereocenters. The molecule has 0 radical (unpaired) electrons. The lowest BCUT2D eigenvalue weighted by Crippen LogP contribution is -2.19. The predicted octanol–water partition coefficient (Wildman–Crippen LogP) is 3.69. The van der Waals surface area contributed by atoms with E-state index in [9.17, 15) is 9.59 Å². The van der Waals surface area contributed by atoms with E-state index in [-0.39, 0.29) is 11.7 Å². The van der Waals surface area contributed by atoms with E-state index in [4.69, 9.17) is 9.47 Å². The highest BCUT2D eigenvalue weighted by Gasteiger charge is 2.11. The average Bonchev–Trinajstić information content (AvgIpc) is 3.04. The van der Waals surface area contributed by atoms with E-state index in [0.29, 0.717) is 35.7 Å².